The van der Waals surface area contributed by atoms with Gasteiger partial charge in [-0.1, -0.05) is 17.7 Å². The van der Waals surface area contributed by atoms with Gasteiger partial charge in [-0.2, -0.15) is 0 Å². The highest BCUT2D eigenvalue weighted by molar-refractivity contribution is 5.86. The van der Waals surface area contributed by atoms with Gasteiger partial charge in [0.05, 0.1) is 0 Å². The van der Waals surface area contributed by atoms with E-state index in [0.29, 0.717) is 6.54 Å². The molecule has 0 spiro atoms. The fourth-order valence-corrected chi connectivity index (χ4v) is 2.53. The van der Waals surface area contributed by atoms with Crippen molar-refractivity contribution < 1.29 is 4.79 Å². The number of aryl methyl sites for hydroxylation is 2. The number of hydrogen-bond acceptors (Lipinski definition) is 3. The van der Waals surface area contributed by atoms with Gasteiger partial charge in [-0.05, 0) is 31.9 Å². The van der Waals surface area contributed by atoms with Crippen LogP contribution in [-0.4, -0.2) is 31.6 Å². The van der Waals surface area contributed by atoms with Crippen LogP contribution in [0.25, 0.3) is 0 Å². The third-order valence-corrected chi connectivity index (χ3v) is 3.44. The number of nitrogens with one attached hydrogen (secondary N) is 1. The fraction of sp³-hybridized carbons (Fsp3) is 0.500. The van der Waals surface area contributed by atoms with E-state index in [1.807, 2.05) is 0 Å². The summed E-state index contributed by atoms with van der Waals surface area (Å²) in [4.78, 5) is 14.1. The number of carbonyl (C=O) groups excluding carboxylic acids is 1. The predicted molar refractivity (Wildman–Crippen MR) is 73.7 cm³/mol. The topological polar surface area (TPSA) is 58.4 Å². The van der Waals surface area contributed by atoms with Crippen LogP contribution in [0.15, 0.2) is 18.2 Å². The number of anilines is 1. The molecular weight excluding hydrogens is 226 g/mol. The average molecular weight is 247 g/mol. The lowest BCUT2D eigenvalue weighted by Crippen LogP contribution is -2.49. The van der Waals surface area contributed by atoms with Gasteiger partial charge >= 0.3 is 0 Å². The van der Waals surface area contributed by atoms with E-state index >= 15 is 0 Å². The molecule has 1 atom stereocenters. The van der Waals surface area contributed by atoms with Crippen LogP contribution in [0, 0.1) is 13.8 Å². The lowest BCUT2D eigenvalue weighted by molar-refractivity contribution is -0.121. The summed E-state index contributed by atoms with van der Waals surface area (Å²) < 4.78 is 0. The number of amides is 1. The second-order valence-corrected chi connectivity index (χ2v) is 4.88. The van der Waals surface area contributed by atoms with Gasteiger partial charge in [-0.25, -0.2) is 0 Å². The highest BCUT2D eigenvalue weighted by atomic mass is 16.2. The highest BCUT2D eigenvalue weighted by Gasteiger charge is 2.27. The van der Waals surface area contributed by atoms with Gasteiger partial charge in [-0.15, -0.1) is 0 Å². The minimum Gasteiger partial charge on any atom is -0.358 e. The van der Waals surface area contributed by atoms with Crippen LogP contribution >= 0.6 is 0 Å². The van der Waals surface area contributed by atoms with Crippen molar-refractivity contribution in [1.29, 1.82) is 0 Å². The molecule has 0 aromatic heterocycles. The largest absolute Gasteiger partial charge is 0.358 e. The van der Waals surface area contributed by atoms with Gasteiger partial charge in [0.2, 0.25) is 5.91 Å². The maximum absolute atomic E-state index is 12.0. The Morgan fingerprint density at radius 1 is 1.44 bits per heavy atom. The minimum atomic E-state index is -0.256. The van der Waals surface area contributed by atoms with Crippen molar-refractivity contribution in [3.8, 4) is 0 Å². The van der Waals surface area contributed by atoms with Crippen molar-refractivity contribution >= 4 is 11.6 Å². The van der Waals surface area contributed by atoms with Crippen LogP contribution < -0.4 is 16.0 Å². The molecule has 1 unspecified atom stereocenters. The Hall–Kier alpha value is -1.55. The molecule has 18 heavy (non-hydrogen) atoms. The molecule has 4 nitrogen and oxygen atoms in total. The van der Waals surface area contributed by atoms with Crippen LogP contribution in [0.5, 0.6) is 0 Å². The molecule has 0 radical (unpaired) electrons. The van der Waals surface area contributed by atoms with Crippen molar-refractivity contribution in [3.63, 3.8) is 0 Å². The Labute approximate surface area is 108 Å². The van der Waals surface area contributed by atoms with Gasteiger partial charge in [0.1, 0.15) is 6.04 Å². The maximum Gasteiger partial charge on any atom is 0.244 e. The standard InChI is InChI=1S/C14H21N3O/c1-10-4-5-12(11(2)8-10)17-7-3-6-16-14(18)13(17)9-15/h4-5,8,13H,3,6-7,9,15H2,1-2H3,(H,16,18). The van der Waals surface area contributed by atoms with Crippen molar-refractivity contribution in [2.45, 2.75) is 26.3 Å². The van der Waals surface area contributed by atoms with E-state index in [1.165, 1.54) is 11.1 Å². The number of benzene rings is 1. The molecule has 1 amide bonds. The maximum atomic E-state index is 12.0. The van der Waals surface area contributed by atoms with E-state index < -0.39 is 0 Å². The summed E-state index contributed by atoms with van der Waals surface area (Å²) in [6.45, 7) is 6.10. The third kappa shape index (κ3) is 2.48. The molecular formula is C14H21N3O. The third-order valence-electron chi connectivity index (χ3n) is 3.44. The first-order valence-electron chi connectivity index (χ1n) is 6.45. The minimum absolute atomic E-state index is 0.0370. The molecule has 4 heteroatoms. The van der Waals surface area contributed by atoms with E-state index in [4.69, 9.17) is 5.73 Å². The van der Waals surface area contributed by atoms with Crippen LogP contribution in [-0.2, 0) is 4.79 Å². The molecule has 1 heterocycles. The van der Waals surface area contributed by atoms with E-state index in [9.17, 15) is 4.79 Å². The van der Waals surface area contributed by atoms with Crippen LogP contribution in [0.1, 0.15) is 17.5 Å². The monoisotopic (exact) mass is 247 g/mol. The molecule has 1 fully saturated rings. The molecule has 1 aliphatic rings. The molecule has 98 valence electrons. The van der Waals surface area contributed by atoms with E-state index in [2.05, 4.69) is 42.3 Å². The normalized spacial score (nSPS) is 20.5. The second-order valence-electron chi connectivity index (χ2n) is 4.88. The molecule has 1 aromatic rings. The Kier molecular flexibility index (Phi) is 3.87. The predicted octanol–water partition coefficient (Wildman–Crippen LogP) is 0.957. The highest BCUT2D eigenvalue weighted by Crippen LogP contribution is 2.24. The summed E-state index contributed by atoms with van der Waals surface area (Å²) in [7, 11) is 0. The van der Waals surface area contributed by atoms with Crippen molar-refractivity contribution in [2.24, 2.45) is 5.73 Å². The number of carbonyl (C=O) groups is 1. The Morgan fingerprint density at radius 3 is 2.89 bits per heavy atom. The molecule has 1 aromatic carbocycles. The van der Waals surface area contributed by atoms with Crippen LogP contribution in [0.2, 0.25) is 0 Å². The summed E-state index contributed by atoms with van der Waals surface area (Å²) in [5.41, 5.74) is 9.32. The zero-order chi connectivity index (χ0) is 13.1. The van der Waals surface area contributed by atoms with Crippen molar-refractivity contribution in [2.75, 3.05) is 24.5 Å². The molecule has 0 saturated carbocycles. The van der Waals surface area contributed by atoms with Gasteiger partial charge in [-0.3, -0.25) is 4.79 Å². The van der Waals surface area contributed by atoms with Crippen LogP contribution in [0.4, 0.5) is 5.69 Å². The summed E-state index contributed by atoms with van der Waals surface area (Å²) in [6.07, 6.45) is 0.954. The smallest absolute Gasteiger partial charge is 0.244 e. The Balaban J connectivity index is 2.36. The van der Waals surface area contributed by atoms with Crippen molar-refractivity contribution in [1.82, 2.24) is 5.32 Å². The molecule has 0 bridgehead atoms. The average Bonchev–Trinajstić information content (AvgIpc) is 2.51. The van der Waals surface area contributed by atoms with Gasteiger partial charge < -0.3 is 16.0 Å². The van der Waals surface area contributed by atoms with Crippen molar-refractivity contribution in [3.05, 3.63) is 29.3 Å². The lowest BCUT2D eigenvalue weighted by Gasteiger charge is -2.31. The number of rotatable bonds is 2. The van der Waals surface area contributed by atoms with Crippen LogP contribution in [0.3, 0.4) is 0 Å². The number of hydrogen-bond donors (Lipinski definition) is 2. The van der Waals surface area contributed by atoms with Gasteiger partial charge in [0.15, 0.2) is 0 Å². The van der Waals surface area contributed by atoms with Gasteiger partial charge in [0, 0.05) is 25.3 Å². The first-order chi connectivity index (χ1) is 8.63. The van der Waals surface area contributed by atoms with Gasteiger partial charge in [0.25, 0.3) is 0 Å². The molecule has 0 aliphatic carbocycles. The zero-order valence-corrected chi connectivity index (χ0v) is 11.1. The SMILES string of the molecule is Cc1ccc(N2CCCNC(=O)C2CN)c(C)c1. The van der Waals surface area contributed by atoms with E-state index in [-0.39, 0.29) is 11.9 Å². The second kappa shape index (κ2) is 5.40. The first-order valence-corrected chi connectivity index (χ1v) is 6.45. The Bertz CT molecular complexity index is 445. The fourth-order valence-electron chi connectivity index (χ4n) is 2.53. The Morgan fingerprint density at radius 2 is 2.22 bits per heavy atom. The summed E-state index contributed by atoms with van der Waals surface area (Å²) in [6, 6.07) is 6.06. The first kappa shape index (κ1) is 12.9. The molecule has 1 saturated heterocycles. The number of nitrogens with zero attached hydrogens (tertiary/aromatic N) is 1. The summed E-state index contributed by atoms with van der Waals surface area (Å²) >= 11 is 0. The summed E-state index contributed by atoms with van der Waals surface area (Å²) in [5, 5.41) is 2.92. The zero-order valence-electron chi connectivity index (χ0n) is 11.1. The quantitative estimate of drug-likeness (QED) is 0.818. The van der Waals surface area contributed by atoms with E-state index in [0.717, 1.165) is 25.2 Å². The van der Waals surface area contributed by atoms with E-state index in [1.54, 1.807) is 0 Å². The molecule has 3 N–H and O–H groups in total. The molecule has 1 aliphatic heterocycles. The summed E-state index contributed by atoms with van der Waals surface area (Å²) in [5.74, 6) is 0.0370. The molecule has 2 rings (SSSR count). The number of nitrogens with two attached hydrogens (primary N) is 1. The lowest BCUT2D eigenvalue weighted by atomic mass is 10.1.